The van der Waals surface area contributed by atoms with E-state index in [9.17, 15) is 18.0 Å². The van der Waals surface area contributed by atoms with Gasteiger partial charge in [-0.05, 0) is 37.1 Å². The first-order valence-corrected chi connectivity index (χ1v) is 8.38. The van der Waals surface area contributed by atoms with Gasteiger partial charge in [0.1, 0.15) is 5.75 Å². The van der Waals surface area contributed by atoms with Crippen molar-refractivity contribution >= 4 is 5.91 Å². The number of hydrogen-bond donors (Lipinski definition) is 2. The molecule has 1 heterocycles. The Labute approximate surface area is 155 Å². The van der Waals surface area contributed by atoms with Crippen molar-refractivity contribution in [1.29, 1.82) is 0 Å². The number of carbonyl (C=O) groups excluding carboxylic acids is 1. The second-order valence-corrected chi connectivity index (χ2v) is 6.72. The molecule has 0 saturated carbocycles. The average molecular weight is 381 g/mol. The van der Waals surface area contributed by atoms with Gasteiger partial charge in [-0.3, -0.25) is 4.79 Å². The Morgan fingerprint density at radius 2 is 1.96 bits per heavy atom. The van der Waals surface area contributed by atoms with E-state index >= 15 is 0 Å². The number of amides is 1. The maximum Gasteiger partial charge on any atom is 0.416 e. The molecule has 1 atom stereocenters. The zero-order chi connectivity index (χ0) is 20.2. The predicted molar refractivity (Wildman–Crippen MR) is 95.0 cm³/mol. The van der Waals surface area contributed by atoms with Crippen molar-refractivity contribution in [2.75, 3.05) is 0 Å². The summed E-state index contributed by atoms with van der Waals surface area (Å²) in [6, 6.07) is 7.82. The topological polar surface area (TPSA) is 77.2 Å². The van der Waals surface area contributed by atoms with Gasteiger partial charge in [0.25, 0.3) is 0 Å². The van der Waals surface area contributed by atoms with Gasteiger partial charge in [-0.15, -0.1) is 0 Å². The van der Waals surface area contributed by atoms with Crippen LogP contribution in [0.2, 0.25) is 0 Å². The number of benzene rings is 1. The quantitative estimate of drug-likeness (QED) is 0.796. The Balaban J connectivity index is 2.16. The van der Waals surface area contributed by atoms with Crippen LogP contribution in [-0.2, 0) is 17.5 Å². The van der Waals surface area contributed by atoms with Gasteiger partial charge in [-0.25, -0.2) is 4.98 Å². The van der Waals surface area contributed by atoms with Crippen LogP contribution in [0, 0.1) is 5.92 Å². The van der Waals surface area contributed by atoms with Gasteiger partial charge in [0.05, 0.1) is 11.1 Å². The number of carbonyl (C=O) groups is 1. The third-order valence-electron chi connectivity index (χ3n) is 4.35. The first kappa shape index (κ1) is 20.7. The zero-order valence-corrected chi connectivity index (χ0v) is 15.3. The highest BCUT2D eigenvalue weighted by Crippen LogP contribution is 2.32. The lowest BCUT2D eigenvalue weighted by Crippen LogP contribution is -2.55. The van der Waals surface area contributed by atoms with Crippen LogP contribution in [0.25, 0.3) is 0 Å². The molecule has 0 bridgehead atoms. The Morgan fingerprint density at radius 1 is 1.26 bits per heavy atom. The molecule has 0 fully saturated rings. The molecule has 1 aromatic heterocycles. The van der Waals surface area contributed by atoms with Crippen LogP contribution in [0.4, 0.5) is 13.2 Å². The maximum absolute atomic E-state index is 12.8. The molecular formula is C19H22F3N3O2. The lowest BCUT2D eigenvalue weighted by molar-refractivity contribution is -0.137. The monoisotopic (exact) mass is 381 g/mol. The van der Waals surface area contributed by atoms with E-state index < -0.39 is 17.3 Å². The minimum Gasteiger partial charge on any atom is -0.439 e. The SMILES string of the molecule is CC(C)[C@@](C)(N)C(=O)NCc1cccnc1Oc1cccc(C(F)(F)F)c1. The normalized spacial score (nSPS) is 13.9. The molecule has 1 aromatic carbocycles. The van der Waals surface area contributed by atoms with E-state index in [1.165, 1.54) is 18.3 Å². The lowest BCUT2D eigenvalue weighted by Gasteiger charge is -2.27. The molecule has 146 valence electrons. The molecular weight excluding hydrogens is 359 g/mol. The average Bonchev–Trinajstić information content (AvgIpc) is 2.60. The largest absolute Gasteiger partial charge is 0.439 e. The first-order valence-electron chi connectivity index (χ1n) is 8.38. The van der Waals surface area contributed by atoms with Crippen LogP contribution >= 0.6 is 0 Å². The number of rotatable bonds is 6. The molecule has 1 amide bonds. The molecule has 0 aliphatic heterocycles. The number of ether oxygens (including phenoxy) is 1. The van der Waals surface area contributed by atoms with Crippen molar-refractivity contribution in [3.8, 4) is 11.6 Å². The predicted octanol–water partition coefficient (Wildman–Crippen LogP) is 3.88. The van der Waals surface area contributed by atoms with E-state index in [-0.39, 0.29) is 30.0 Å². The number of halogens is 3. The minimum atomic E-state index is -4.47. The van der Waals surface area contributed by atoms with Gasteiger partial charge in [-0.1, -0.05) is 26.0 Å². The Morgan fingerprint density at radius 3 is 2.59 bits per heavy atom. The lowest BCUT2D eigenvalue weighted by atomic mass is 9.89. The summed E-state index contributed by atoms with van der Waals surface area (Å²) in [4.78, 5) is 16.3. The van der Waals surface area contributed by atoms with E-state index in [2.05, 4.69) is 10.3 Å². The number of aromatic nitrogens is 1. The second-order valence-electron chi connectivity index (χ2n) is 6.72. The summed E-state index contributed by atoms with van der Waals surface area (Å²) < 4.78 is 44.0. The summed E-state index contributed by atoms with van der Waals surface area (Å²) in [7, 11) is 0. The second kappa shape index (κ2) is 7.96. The van der Waals surface area contributed by atoms with Crippen LogP contribution in [0.1, 0.15) is 31.9 Å². The molecule has 5 nitrogen and oxygen atoms in total. The summed E-state index contributed by atoms with van der Waals surface area (Å²) in [5.74, 6) is -0.305. The van der Waals surface area contributed by atoms with Crippen molar-refractivity contribution in [1.82, 2.24) is 10.3 Å². The maximum atomic E-state index is 12.8. The highest BCUT2D eigenvalue weighted by atomic mass is 19.4. The molecule has 8 heteroatoms. The fourth-order valence-corrected chi connectivity index (χ4v) is 2.13. The number of hydrogen-bond acceptors (Lipinski definition) is 4. The zero-order valence-electron chi connectivity index (χ0n) is 15.3. The van der Waals surface area contributed by atoms with E-state index in [0.717, 1.165) is 12.1 Å². The van der Waals surface area contributed by atoms with Crippen LogP contribution in [-0.4, -0.2) is 16.4 Å². The van der Waals surface area contributed by atoms with E-state index in [1.807, 2.05) is 13.8 Å². The molecule has 3 N–H and O–H groups in total. The highest BCUT2D eigenvalue weighted by molar-refractivity contribution is 5.85. The molecule has 0 saturated heterocycles. The molecule has 27 heavy (non-hydrogen) atoms. The fourth-order valence-electron chi connectivity index (χ4n) is 2.13. The van der Waals surface area contributed by atoms with E-state index in [1.54, 1.807) is 19.1 Å². The summed E-state index contributed by atoms with van der Waals surface area (Å²) in [6.45, 7) is 5.40. The molecule has 2 aromatic rings. The highest BCUT2D eigenvalue weighted by Gasteiger charge is 2.32. The van der Waals surface area contributed by atoms with Crippen molar-refractivity contribution in [3.05, 3.63) is 53.7 Å². The van der Waals surface area contributed by atoms with Crippen molar-refractivity contribution in [2.45, 2.75) is 39.0 Å². The molecule has 2 rings (SSSR count). The Kier molecular flexibility index (Phi) is 6.10. The molecule has 0 radical (unpaired) electrons. The van der Waals surface area contributed by atoms with Gasteiger partial charge in [0.15, 0.2) is 0 Å². The smallest absolute Gasteiger partial charge is 0.416 e. The number of pyridine rings is 1. The van der Waals surface area contributed by atoms with Crippen LogP contribution in [0.5, 0.6) is 11.6 Å². The summed E-state index contributed by atoms with van der Waals surface area (Å²) in [5.41, 5.74) is 4.67. The standard InChI is InChI=1S/C19H22F3N3O2/c1-12(2)18(3,23)17(26)25-11-13-6-5-9-24-16(13)27-15-8-4-7-14(10-15)19(20,21)22/h4-10,12H,11,23H2,1-3H3,(H,25,26)/t18-/m1/s1. The summed E-state index contributed by atoms with van der Waals surface area (Å²) in [6.07, 6.45) is -3.02. The van der Waals surface area contributed by atoms with E-state index in [4.69, 9.17) is 10.5 Å². The van der Waals surface area contributed by atoms with Crippen molar-refractivity contribution < 1.29 is 22.7 Å². The van der Waals surface area contributed by atoms with Gasteiger partial charge in [-0.2, -0.15) is 13.2 Å². The van der Waals surface area contributed by atoms with Gasteiger partial charge in [0, 0.05) is 18.3 Å². The summed E-state index contributed by atoms with van der Waals surface area (Å²) >= 11 is 0. The van der Waals surface area contributed by atoms with E-state index in [0.29, 0.717) is 5.56 Å². The number of alkyl halides is 3. The van der Waals surface area contributed by atoms with Gasteiger partial charge < -0.3 is 15.8 Å². The number of nitrogens with one attached hydrogen (secondary N) is 1. The Hall–Kier alpha value is -2.61. The molecule has 0 aliphatic rings. The molecule has 0 unspecified atom stereocenters. The number of nitrogens with two attached hydrogens (primary N) is 1. The van der Waals surface area contributed by atoms with Crippen LogP contribution < -0.4 is 15.8 Å². The van der Waals surface area contributed by atoms with Crippen molar-refractivity contribution in [2.24, 2.45) is 11.7 Å². The van der Waals surface area contributed by atoms with Gasteiger partial charge in [0.2, 0.25) is 11.8 Å². The molecule has 0 aliphatic carbocycles. The fraction of sp³-hybridized carbons (Fsp3) is 0.368. The Bertz CT molecular complexity index is 805. The van der Waals surface area contributed by atoms with Crippen LogP contribution in [0.15, 0.2) is 42.6 Å². The summed E-state index contributed by atoms with van der Waals surface area (Å²) in [5, 5.41) is 2.72. The number of nitrogens with zero attached hydrogens (tertiary/aromatic N) is 1. The molecule has 0 spiro atoms. The van der Waals surface area contributed by atoms with Gasteiger partial charge >= 0.3 is 6.18 Å². The van der Waals surface area contributed by atoms with Crippen molar-refractivity contribution in [3.63, 3.8) is 0 Å². The third kappa shape index (κ3) is 5.19. The minimum absolute atomic E-state index is 0.00180. The van der Waals surface area contributed by atoms with Crippen LogP contribution in [0.3, 0.4) is 0 Å². The third-order valence-corrected chi connectivity index (χ3v) is 4.35. The first-order chi connectivity index (χ1) is 12.5.